The molecule has 0 radical (unpaired) electrons. The minimum atomic E-state index is -0.983. The fourth-order valence-electron chi connectivity index (χ4n) is 2.93. The third-order valence-corrected chi connectivity index (χ3v) is 4.08. The number of carboxylic acids is 1. The van der Waals surface area contributed by atoms with Crippen molar-refractivity contribution in [2.24, 2.45) is 0 Å². The highest BCUT2D eigenvalue weighted by Gasteiger charge is 2.24. The second-order valence-corrected chi connectivity index (χ2v) is 5.47. The maximum Gasteiger partial charge on any atom is 0.337 e. The van der Waals surface area contributed by atoms with Crippen LogP contribution in [-0.2, 0) is 0 Å². The Morgan fingerprint density at radius 3 is 2.62 bits per heavy atom. The largest absolute Gasteiger partial charge is 0.478 e. The molecule has 2 unspecified atom stereocenters. The highest BCUT2D eigenvalue weighted by atomic mass is 16.4. The van der Waals surface area contributed by atoms with Gasteiger partial charge in [-0.25, -0.2) is 9.78 Å². The van der Waals surface area contributed by atoms with Crippen molar-refractivity contribution in [3.8, 4) is 0 Å². The summed E-state index contributed by atoms with van der Waals surface area (Å²) >= 11 is 0. The van der Waals surface area contributed by atoms with Gasteiger partial charge in [-0.3, -0.25) is 0 Å². The van der Waals surface area contributed by atoms with Crippen LogP contribution in [0.1, 0.15) is 36.0 Å². The van der Waals surface area contributed by atoms with E-state index in [1.54, 1.807) is 6.07 Å². The molecular weight excluding hydrogens is 268 g/mol. The van der Waals surface area contributed by atoms with Crippen LogP contribution in [0.4, 0.5) is 5.82 Å². The fourth-order valence-corrected chi connectivity index (χ4v) is 2.93. The number of anilines is 1. The zero-order valence-corrected chi connectivity index (χ0v) is 11.6. The normalized spacial score (nSPS) is 22.1. The topological polar surface area (TPSA) is 82.5 Å². The van der Waals surface area contributed by atoms with Crippen LogP contribution in [0.25, 0.3) is 10.8 Å². The molecule has 3 rings (SSSR count). The van der Waals surface area contributed by atoms with Gasteiger partial charge in [-0.1, -0.05) is 37.1 Å². The van der Waals surface area contributed by atoms with Gasteiger partial charge in [-0.15, -0.1) is 0 Å². The van der Waals surface area contributed by atoms with Crippen molar-refractivity contribution in [3.63, 3.8) is 0 Å². The van der Waals surface area contributed by atoms with Gasteiger partial charge in [-0.2, -0.15) is 0 Å². The van der Waals surface area contributed by atoms with E-state index in [9.17, 15) is 15.0 Å². The van der Waals surface area contributed by atoms with Gasteiger partial charge in [0.05, 0.1) is 17.7 Å². The second kappa shape index (κ2) is 5.69. The van der Waals surface area contributed by atoms with Crippen LogP contribution in [0, 0.1) is 0 Å². The van der Waals surface area contributed by atoms with Crippen LogP contribution in [0.5, 0.6) is 0 Å². The van der Waals surface area contributed by atoms with E-state index in [1.807, 2.05) is 18.2 Å². The number of hydrogen-bond acceptors (Lipinski definition) is 4. The molecule has 1 heterocycles. The lowest BCUT2D eigenvalue weighted by atomic mass is 9.92. The van der Waals surface area contributed by atoms with E-state index in [0.29, 0.717) is 11.2 Å². The zero-order valence-electron chi connectivity index (χ0n) is 11.6. The maximum atomic E-state index is 11.3. The highest BCUT2D eigenvalue weighted by Crippen LogP contribution is 2.28. The van der Waals surface area contributed by atoms with Crippen molar-refractivity contribution in [2.75, 3.05) is 5.32 Å². The summed E-state index contributed by atoms with van der Waals surface area (Å²) in [5.41, 5.74) is 0.195. The molecule has 110 valence electrons. The molecule has 0 amide bonds. The van der Waals surface area contributed by atoms with Crippen molar-refractivity contribution in [1.29, 1.82) is 0 Å². The lowest BCUT2D eigenvalue weighted by molar-refractivity contribution is 0.0698. The summed E-state index contributed by atoms with van der Waals surface area (Å²) in [5.74, 6) is -0.343. The summed E-state index contributed by atoms with van der Waals surface area (Å²) in [5, 5.41) is 24.0. The first kappa shape index (κ1) is 13.8. The Kier molecular flexibility index (Phi) is 3.75. The standard InChI is InChI=1S/C16H18N2O3/c19-14-8-4-3-7-13(14)18-15-11-6-2-1-5-10(11)12(9-17-15)16(20)21/h1-2,5-6,9,13-14,19H,3-4,7-8H2,(H,17,18)(H,20,21). The van der Waals surface area contributed by atoms with Crippen LogP contribution in [0.3, 0.4) is 0 Å². The molecule has 5 heteroatoms. The number of benzene rings is 1. The maximum absolute atomic E-state index is 11.3. The quantitative estimate of drug-likeness (QED) is 0.808. The monoisotopic (exact) mass is 286 g/mol. The minimum absolute atomic E-state index is 0.0228. The summed E-state index contributed by atoms with van der Waals surface area (Å²) in [7, 11) is 0. The van der Waals surface area contributed by atoms with E-state index < -0.39 is 5.97 Å². The predicted molar refractivity (Wildman–Crippen MR) is 80.6 cm³/mol. The third-order valence-electron chi connectivity index (χ3n) is 4.08. The lowest BCUT2D eigenvalue weighted by Crippen LogP contribution is -2.36. The van der Waals surface area contributed by atoms with Crippen molar-refractivity contribution < 1.29 is 15.0 Å². The van der Waals surface area contributed by atoms with E-state index in [4.69, 9.17) is 0 Å². The molecule has 5 nitrogen and oxygen atoms in total. The average Bonchev–Trinajstić information content (AvgIpc) is 2.49. The van der Waals surface area contributed by atoms with E-state index in [2.05, 4.69) is 10.3 Å². The number of aromatic nitrogens is 1. The predicted octanol–water partition coefficient (Wildman–Crippen LogP) is 2.65. The number of aliphatic hydroxyl groups is 1. The van der Waals surface area contributed by atoms with Gasteiger partial charge in [0.2, 0.25) is 0 Å². The smallest absolute Gasteiger partial charge is 0.337 e. The summed E-state index contributed by atoms with van der Waals surface area (Å²) in [6.07, 6.45) is 4.83. The van der Waals surface area contributed by atoms with Crippen LogP contribution >= 0.6 is 0 Å². The second-order valence-electron chi connectivity index (χ2n) is 5.47. The number of nitrogens with one attached hydrogen (secondary N) is 1. The van der Waals surface area contributed by atoms with Gasteiger partial charge >= 0.3 is 5.97 Å². The Morgan fingerprint density at radius 1 is 1.19 bits per heavy atom. The highest BCUT2D eigenvalue weighted by molar-refractivity contribution is 6.06. The van der Waals surface area contributed by atoms with Crippen LogP contribution < -0.4 is 5.32 Å². The molecule has 1 aliphatic rings. The molecule has 1 saturated carbocycles. The molecule has 0 spiro atoms. The molecule has 2 aromatic rings. The van der Waals surface area contributed by atoms with Crippen LogP contribution in [-0.4, -0.2) is 33.3 Å². The SMILES string of the molecule is O=C(O)c1cnc(NC2CCCCC2O)c2ccccc12. The Bertz CT molecular complexity index is 672. The first-order chi connectivity index (χ1) is 10.2. The Balaban J connectivity index is 1.99. The molecular formula is C16H18N2O3. The summed E-state index contributed by atoms with van der Waals surface area (Å²) in [4.78, 5) is 15.5. The van der Waals surface area contributed by atoms with Gasteiger partial charge in [0.25, 0.3) is 0 Å². The molecule has 3 N–H and O–H groups in total. The van der Waals surface area contributed by atoms with Crippen LogP contribution in [0.15, 0.2) is 30.5 Å². The van der Waals surface area contributed by atoms with Gasteiger partial charge in [0.1, 0.15) is 5.82 Å². The number of nitrogens with zero attached hydrogens (tertiary/aromatic N) is 1. The first-order valence-electron chi connectivity index (χ1n) is 7.22. The summed E-state index contributed by atoms with van der Waals surface area (Å²) in [6.45, 7) is 0. The van der Waals surface area contributed by atoms with E-state index in [1.165, 1.54) is 6.20 Å². The summed E-state index contributed by atoms with van der Waals surface area (Å²) in [6, 6.07) is 7.28. The molecule has 2 atom stereocenters. The molecule has 1 aliphatic carbocycles. The number of aromatic carboxylic acids is 1. The Hall–Kier alpha value is -2.14. The fraction of sp³-hybridized carbons (Fsp3) is 0.375. The number of carbonyl (C=O) groups is 1. The van der Waals surface area contributed by atoms with E-state index in [0.717, 1.165) is 31.1 Å². The molecule has 1 aromatic carbocycles. The van der Waals surface area contributed by atoms with Crippen molar-refractivity contribution in [3.05, 3.63) is 36.0 Å². The van der Waals surface area contributed by atoms with Gasteiger partial charge in [0.15, 0.2) is 0 Å². The van der Waals surface area contributed by atoms with Gasteiger partial charge in [-0.05, 0) is 12.8 Å². The van der Waals surface area contributed by atoms with Crippen molar-refractivity contribution >= 4 is 22.6 Å². The Labute approximate surface area is 122 Å². The number of fused-ring (bicyclic) bond motifs is 1. The number of pyridine rings is 1. The zero-order chi connectivity index (χ0) is 14.8. The average molecular weight is 286 g/mol. The number of aliphatic hydroxyl groups excluding tert-OH is 1. The Morgan fingerprint density at radius 2 is 1.90 bits per heavy atom. The number of carboxylic acid groups (broad SMARTS) is 1. The third kappa shape index (κ3) is 2.69. The molecule has 0 saturated heterocycles. The molecule has 21 heavy (non-hydrogen) atoms. The van der Waals surface area contributed by atoms with Crippen molar-refractivity contribution in [2.45, 2.75) is 37.8 Å². The van der Waals surface area contributed by atoms with Crippen LogP contribution in [0.2, 0.25) is 0 Å². The molecule has 1 fully saturated rings. The summed E-state index contributed by atoms with van der Waals surface area (Å²) < 4.78 is 0. The van der Waals surface area contributed by atoms with Gasteiger partial charge in [0, 0.05) is 17.0 Å². The molecule has 0 aliphatic heterocycles. The van der Waals surface area contributed by atoms with E-state index in [-0.39, 0.29) is 17.7 Å². The minimum Gasteiger partial charge on any atom is -0.478 e. The molecule has 1 aromatic heterocycles. The lowest BCUT2D eigenvalue weighted by Gasteiger charge is -2.29. The van der Waals surface area contributed by atoms with Gasteiger partial charge < -0.3 is 15.5 Å². The number of rotatable bonds is 3. The molecule has 0 bridgehead atoms. The number of hydrogen-bond donors (Lipinski definition) is 3. The first-order valence-corrected chi connectivity index (χ1v) is 7.22. The van der Waals surface area contributed by atoms with E-state index >= 15 is 0 Å². The van der Waals surface area contributed by atoms with Crippen molar-refractivity contribution in [1.82, 2.24) is 4.98 Å².